The van der Waals surface area contributed by atoms with Crippen LogP contribution in [0.15, 0.2) is 41.8 Å². The highest BCUT2D eigenvalue weighted by Gasteiger charge is 2.10. The van der Waals surface area contributed by atoms with Crippen LogP contribution in [-0.2, 0) is 9.53 Å². The summed E-state index contributed by atoms with van der Waals surface area (Å²) in [5.74, 6) is -1.01. The van der Waals surface area contributed by atoms with Crippen LogP contribution in [0.25, 0.3) is 0 Å². The molecular weight excluding hydrogens is 340 g/mol. The summed E-state index contributed by atoms with van der Waals surface area (Å²) in [5, 5.41) is 7.00. The molecule has 1 heterocycles. The number of rotatable bonds is 8. The Morgan fingerprint density at radius 2 is 1.88 bits per heavy atom. The zero-order valence-electron chi connectivity index (χ0n) is 13.9. The van der Waals surface area contributed by atoms with Crippen molar-refractivity contribution in [3.63, 3.8) is 0 Å². The van der Waals surface area contributed by atoms with E-state index in [4.69, 9.17) is 4.74 Å². The molecule has 0 saturated carbocycles. The van der Waals surface area contributed by atoms with Crippen molar-refractivity contribution in [1.29, 1.82) is 0 Å². The van der Waals surface area contributed by atoms with Crippen LogP contribution in [0.4, 0.5) is 5.69 Å². The van der Waals surface area contributed by atoms with E-state index in [2.05, 4.69) is 10.6 Å². The average Bonchev–Trinajstić information content (AvgIpc) is 3.15. The molecule has 0 fully saturated rings. The highest BCUT2D eigenvalue weighted by molar-refractivity contribution is 7.12. The molecule has 132 valence electrons. The first kappa shape index (κ1) is 18.7. The van der Waals surface area contributed by atoms with Gasteiger partial charge in [0.25, 0.3) is 5.91 Å². The number of benzene rings is 1. The summed E-state index contributed by atoms with van der Waals surface area (Å²) >= 11 is 1.31. The van der Waals surface area contributed by atoms with Gasteiger partial charge in [0.1, 0.15) is 0 Å². The highest BCUT2D eigenvalue weighted by Crippen LogP contribution is 2.11. The van der Waals surface area contributed by atoms with Gasteiger partial charge in [0.15, 0.2) is 0 Å². The molecule has 2 aromatic rings. The topological polar surface area (TPSA) is 84.5 Å². The van der Waals surface area contributed by atoms with Crippen LogP contribution >= 0.6 is 11.3 Å². The Morgan fingerprint density at radius 1 is 1.12 bits per heavy atom. The molecule has 0 unspecified atom stereocenters. The molecule has 0 radical (unpaired) electrons. The molecule has 1 aromatic carbocycles. The Bertz CT molecular complexity index is 711. The monoisotopic (exact) mass is 360 g/mol. The summed E-state index contributed by atoms with van der Waals surface area (Å²) in [5.41, 5.74) is 0.973. The largest absolute Gasteiger partial charge is 0.462 e. The minimum Gasteiger partial charge on any atom is -0.462 e. The van der Waals surface area contributed by atoms with Gasteiger partial charge in [-0.2, -0.15) is 0 Å². The Kier molecular flexibility index (Phi) is 7.16. The second-order valence-electron chi connectivity index (χ2n) is 5.27. The van der Waals surface area contributed by atoms with Crippen LogP contribution in [0.2, 0.25) is 0 Å². The van der Waals surface area contributed by atoms with Crippen LogP contribution in [0.3, 0.4) is 0 Å². The van der Waals surface area contributed by atoms with Crippen molar-refractivity contribution in [2.24, 2.45) is 0 Å². The number of carbonyl (C=O) groups excluding carboxylic acids is 3. The Labute approximate surface area is 150 Å². The number of thiophene rings is 1. The summed E-state index contributed by atoms with van der Waals surface area (Å²) in [6.07, 6.45) is 1.79. The van der Waals surface area contributed by atoms with E-state index in [0.29, 0.717) is 22.7 Å². The average molecular weight is 360 g/mol. The van der Waals surface area contributed by atoms with Crippen LogP contribution in [0.5, 0.6) is 0 Å². The van der Waals surface area contributed by atoms with Gasteiger partial charge in [0.05, 0.1) is 23.6 Å². The molecule has 6 nitrogen and oxygen atoms in total. The number of esters is 1. The molecule has 1 aromatic heterocycles. The Balaban J connectivity index is 1.79. The number of hydrogen-bond donors (Lipinski definition) is 2. The van der Waals surface area contributed by atoms with Gasteiger partial charge >= 0.3 is 5.97 Å². The number of ether oxygens (including phenoxy) is 1. The Morgan fingerprint density at radius 3 is 2.52 bits per heavy atom. The summed E-state index contributed by atoms with van der Waals surface area (Å²) in [4.78, 5) is 36.0. The number of unbranched alkanes of at least 4 members (excludes halogenated alkanes) is 1. The number of hydrogen-bond acceptors (Lipinski definition) is 5. The van der Waals surface area contributed by atoms with Gasteiger partial charge in [-0.1, -0.05) is 19.4 Å². The molecule has 0 saturated heterocycles. The third kappa shape index (κ3) is 6.04. The first-order valence-electron chi connectivity index (χ1n) is 7.99. The number of anilines is 1. The third-order valence-corrected chi connectivity index (χ3v) is 4.16. The van der Waals surface area contributed by atoms with Gasteiger partial charge in [-0.3, -0.25) is 9.59 Å². The second kappa shape index (κ2) is 9.58. The maximum atomic E-state index is 11.9. The molecule has 0 aliphatic carbocycles. The summed E-state index contributed by atoms with van der Waals surface area (Å²) in [6, 6.07) is 9.89. The number of amides is 2. The van der Waals surface area contributed by atoms with Crippen LogP contribution < -0.4 is 10.6 Å². The quantitative estimate of drug-likeness (QED) is 0.560. The van der Waals surface area contributed by atoms with Gasteiger partial charge in [0.2, 0.25) is 5.91 Å². The van der Waals surface area contributed by atoms with Crippen molar-refractivity contribution >= 4 is 34.8 Å². The van der Waals surface area contributed by atoms with Crippen molar-refractivity contribution in [1.82, 2.24) is 5.32 Å². The smallest absolute Gasteiger partial charge is 0.338 e. The predicted molar refractivity (Wildman–Crippen MR) is 96.9 cm³/mol. The van der Waals surface area contributed by atoms with Crippen molar-refractivity contribution in [2.45, 2.75) is 19.8 Å². The van der Waals surface area contributed by atoms with Crippen LogP contribution in [0, 0.1) is 0 Å². The van der Waals surface area contributed by atoms with Gasteiger partial charge < -0.3 is 15.4 Å². The summed E-state index contributed by atoms with van der Waals surface area (Å²) < 4.78 is 5.12. The zero-order chi connectivity index (χ0) is 18.1. The van der Waals surface area contributed by atoms with E-state index in [1.165, 1.54) is 11.3 Å². The molecular formula is C18H20N2O4S. The lowest BCUT2D eigenvalue weighted by molar-refractivity contribution is -0.115. The maximum absolute atomic E-state index is 11.9. The molecule has 7 heteroatoms. The number of carbonyl (C=O) groups is 3. The van der Waals surface area contributed by atoms with E-state index in [-0.39, 0.29) is 24.3 Å². The molecule has 2 amide bonds. The van der Waals surface area contributed by atoms with Gasteiger partial charge in [-0.25, -0.2) is 4.79 Å². The normalized spacial score (nSPS) is 10.1. The SMILES string of the molecule is CCCCOC(=O)c1ccc(NC(=O)CNC(=O)c2cccs2)cc1. The van der Waals surface area contributed by atoms with E-state index < -0.39 is 0 Å². The summed E-state index contributed by atoms with van der Waals surface area (Å²) in [7, 11) is 0. The van der Waals surface area contributed by atoms with Crippen LogP contribution in [-0.4, -0.2) is 30.9 Å². The zero-order valence-corrected chi connectivity index (χ0v) is 14.7. The van der Waals surface area contributed by atoms with Crippen molar-refractivity contribution in [3.8, 4) is 0 Å². The first-order valence-corrected chi connectivity index (χ1v) is 8.87. The minimum absolute atomic E-state index is 0.127. The van der Waals surface area contributed by atoms with E-state index in [1.807, 2.05) is 6.92 Å². The van der Waals surface area contributed by atoms with E-state index >= 15 is 0 Å². The summed E-state index contributed by atoms with van der Waals surface area (Å²) in [6.45, 7) is 2.30. The second-order valence-corrected chi connectivity index (χ2v) is 6.22. The van der Waals surface area contributed by atoms with Crippen molar-refractivity contribution in [2.75, 3.05) is 18.5 Å². The van der Waals surface area contributed by atoms with Crippen molar-refractivity contribution in [3.05, 3.63) is 52.2 Å². The molecule has 2 N–H and O–H groups in total. The fraction of sp³-hybridized carbons (Fsp3) is 0.278. The van der Waals surface area contributed by atoms with Crippen LogP contribution in [0.1, 0.15) is 39.8 Å². The van der Waals surface area contributed by atoms with Gasteiger partial charge in [-0.05, 0) is 42.1 Å². The lowest BCUT2D eigenvalue weighted by atomic mass is 10.2. The lowest BCUT2D eigenvalue weighted by Gasteiger charge is -2.08. The maximum Gasteiger partial charge on any atom is 0.338 e. The van der Waals surface area contributed by atoms with Crippen molar-refractivity contribution < 1.29 is 19.1 Å². The van der Waals surface area contributed by atoms with E-state index in [0.717, 1.165) is 12.8 Å². The fourth-order valence-corrected chi connectivity index (χ4v) is 2.58. The van der Waals surface area contributed by atoms with E-state index in [9.17, 15) is 14.4 Å². The molecule has 25 heavy (non-hydrogen) atoms. The van der Waals surface area contributed by atoms with E-state index in [1.54, 1.807) is 41.8 Å². The molecule has 0 aliphatic rings. The third-order valence-electron chi connectivity index (χ3n) is 3.29. The minimum atomic E-state index is -0.380. The first-order chi connectivity index (χ1) is 12.1. The van der Waals surface area contributed by atoms with Gasteiger partial charge in [-0.15, -0.1) is 11.3 Å². The standard InChI is InChI=1S/C18H20N2O4S/c1-2-3-10-24-18(23)13-6-8-14(9-7-13)20-16(21)12-19-17(22)15-5-4-11-25-15/h4-9,11H,2-3,10,12H2,1H3,(H,19,22)(H,20,21). The highest BCUT2D eigenvalue weighted by atomic mass is 32.1. The molecule has 0 atom stereocenters. The van der Waals surface area contributed by atoms with Gasteiger partial charge in [0, 0.05) is 5.69 Å². The molecule has 0 bridgehead atoms. The molecule has 2 rings (SSSR count). The molecule has 0 aliphatic heterocycles. The Hall–Kier alpha value is -2.67. The molecule has 0 spiro atoms. The number of nitrogens with one attached hydrogen (secondary N) is 2. The lowest BCUT2D eigenvalue weighted by Crippen LogP contribution is -2.32. The predicted octanol–water partition coefficient (Wildman–Crippen LogP) is 3.07. The fourth-order valence-electron chi connectivity index (χ4n) is 1.94.